The highest BCUT2D eigenvalue weighted by atomic mass is 127. The van der Waals surface area contributed by atoms with Crippen LogP contribution in [0.5, 0.6) is 0 Å². The van der Waals surface area contributed by atoms with E-state index in [1.807, 2.05) is 0 Å². The zero-order valence-corrected chi connectivity index (χ0v) is 21.9. The summed E-state index contributed by atoms with van der Waals surface area (Å²) in [5.41, 5.74) is 7.65. The van der Waals surface area contributed by atoms with Crippen LogP contribution >= 0.6 is 11.3 Å². The number of anilines is 1. The summed E-state index contributed by atoms with van der Waals surface area (Å²) in [5, 5.41) is 3.55. The van der Waals surface area contributed by atoms with E-state index in [0.29, 0.717) is 0 Å². The van der Waals surface area contributed by atoms with E-state index >= 15 is 0 Å². The normalized spacial score (nSPS) is 13.4. The number of rotatable bonds is 6. The van der Waals surface area contributed by atoms with Crippen LogP contribution in [0.1, 0.15) is 30.3 Å². The van der Waals surface area contributed by atoms with Gasteiger partial charge in [0, 0.05) is 30.4 Å². The minimum atomic E-state index is 0. The van der Waals surface area contributed by atoms with Gasteiger partial charge in [-0.05, 0) is 66.8 Å². The average molecular weight is 565 g/mol. The fourth-order valence-electron chi connectivity index (χ4n) is 4.44. The SMILES string of the molecule is CC[n+]1c(-c2ccc(-c3ccccc3)cc2)csc1/C=C/c1ccc(N2CCCC2)cc1.[I-]. The third-order valence-corrected chi connectivity index (χ3v) is 7.17. The molecule has 33 heavy (non-hydrogen) atoms. The molecule has 0 unspecified atom stereocenters. The highest BCUT2D eigenvalue weighted by molar-refractivity contribution is 7.10. The Bertz CT molecular complexity index is 1190. The van der Waals surface area contributed by atoms with Gasteiger partial charge in [0.05, 0.1) is 5.38 Å². The maximum Gasteiger partial charge on any atom is 0.262 e. The molecule has 5 rings (SSSR count). The molecule has 0 bridgehead atoms. The van der Waals surface area contributed by atoms with Crippen LogP contribution in [0.15, 0.2) is 84.2 Å². The summed E-state index contributed by atoms with van der Waals surface area (Å²) in [7, 11) is 0. The first-order valence-electron chi connectivity index (χ1n) is 11.5. The van der Waals surface area contributed by atoms with Gasteiger partial charge >= 0.3 is 0 Å². The Balaban J connectivity index is 0.00000259. The maximum atomic E-state index is 2.48. The predicted octanol–water partition coefficient (Wildman–Crippen LogP) is 4.16. The maximum absolute atomic E-state index is 2.48. The van der Waals surface area contributed by atoms with E-state index in [2.05, 4.69) is 113 Å². The van der Waals surface area contributed by atoms with Gasteiger partial charge in [0.1, 0.15) is 6.54 Å². The number of thiazole rings is 1. The molecule has 1 aliphatic rings. The van der Waals surface area contributed by atoms with Crippen LogP contribution in [-0.4, -0.2) is 13.1 Å². The molecule has 0 N–H and O–H groups in total. The molecule has 0 amide bonds. The number of hydrogen-bond acceptors (Lipinski definition) is 2. The van der Waals surface area contributed by atoms with Crippen LogP contribution < -0.4 is 33.4 Å². The Labute approximate surface area is 218 Å². The number of nitrogens with zero attached hydrogens (tertiary/aromatic N) is 2. The quantitative estimate of drug-likeness (QED) is 0.252. The summed E-state index contributed by atoms with van der Waals surface area (Å²) in [4.78, 5) is 2.48. The Morgan fingerprint density at radius 2 is 1.42 bits per heavy atom. The molecule has 0 atom stereocenters. The van der Waals surface area contributed by atoms with E-state index in [4.69, 9.17) is 0 Å². The topological polar surface area (TPSA) is 7.12 Å². The van der Waals surface area contributed by atoms with Crippen molar-refractivity contribution in [2.45, 2.75) is 26.3 Å². The standard InChI is InChI=1S/C29H29N2S.HI/c1-2-31-28(26-15-13-25(14-16-26)24-8-4-3-5-9-24)22-32-29(31)19-12-23-10-17-27(18-11-23)30-20-6-7-21-30;/h3-5,8-19,22H,2,6-7,20-21H2,1H3;1H/q+1;/p-1. The van der Waals surface area contributed by atoms with Crippen LogP contribution in [0.3, 0.4) is 0 Å². The van der Waals surface area contributed by atoms with Crippen molar-refractivity contribution in [3.63, 3.8) is 0 Å². The predicted molar refractivity (Wildman–Crippen MR) is 138 cm³/mol. The monoisotopic (exact) mass is 564 g/mol. The van der Waals surface area contributed by atoms with Gasteiger partial charge in [-0.1, -0.05) is 65.9 Å². The molecule has 3 aromatic carbocycles. The second-order valence-corrected chi connectivity index (χ2v) is 9.16. The highest BCUT2D eigenvalue weighted by Gasteiger charge is 2.18. The van der Waals surface area contributed by atoms with E-state index < -0.39 is 0 Å². The molecule has 0 aliphatic carbocycles. The molecule has 4 aromatic rings. The summed E-state index contributed by atoms with van der Waals surface area (Å²) < 4.78 is 2.40. The first-order chi connectivity index (χ1) is 15.8. The van der Waals surface area contributed by atoms with Crippen molar-refractivity contribution in [1.82, 2.24) is 0 Å². The molecule has 0 saturated carbocycles. The van der Waals surface area contributed by atoms with Crippen molar-refractivity contribution in [2.75, 3.05) is 18.0 Å². The lowest BCUT2D eigenvalue weighted by molar-refractivity contribution is -0.679. The van der Waals surface area contributed by atoms with E-state index in [0.717, 1.165) is 6.54 Å². The van der Waals surface area contributed by atoms with Crippen molar-refractivity contribution in [1.29, 1.82) is 0 Å². The van der Waals surface area contributed by atoms with Gasteiger partial charge in [0.2, 0.25) is 5.69 Å². The van der Waals surface area contributed by atoms with Gasteiger partial charge in [0.15, 0.2) is 0 Å². The molecule has 2 nitrogen and oxygen atoms in total. The van der Waals surface area contributed by atoms with E-state index in [1.54, 1.807) is 11.3 Å². The van der Waals surface area contributed by atoms with Crippen molar-refractivity contribution in [3.05, 3.63) is 94.8 Å². The lowest BCUT2D eigenvalue weighted by Gasteiger charge is -2.17. The summed E-state index contributed by atoms with van der Waals surface area (Å²) in [5.74, 6) is 0. The van der Waals surface area contributed by atoms with E-state index in [-0.39, 0.29) is 24.0 Å². The smallest absolute Gasteiger partial charge is 0.262 e. The van der Waals surface area contributed by atoms with Crippen LogP contribution in [0.25, 0.3) is 34.5 Å². The number of benzene rings is 3. The summed E-state index contributed by atoms with van der Waals surface area (Å²) in [6.07, 6.45) is 7.11. The third-order valence-electron chi connectivity index (χ3n) is 6.23. The molecule has 2 heterocycles. The van der Waals surface area contributed by atoms with Crippen molar-refractivity contribution in [3.8, 4) is 22.4 Å². The minimum Gasteiger partial charge on any atom is -1.00 e. The fraction of sp³-hybridized carbons (Fsp3) is 0.207. The largest absolute Gasteiger partial charge is 1.00 e. The molecule has 168 valence electrons. The zero-order valence-electron chi connectivity index (χ0n) is 19.0. The first-order valence-corrected chi connectivity index (χ1v) is 12.4. The molecule has 1 aliphatic heterocycles. The van der Waals surface area contributed by atoms with Gasteiger partial charge < -0.3 is 28.9 Å². The molecular weight excluding hydrogens is 535 g/mol. The second kappa shape index (κ2) is 11.1. The van der Waals surface area contributed by atoms with Crippen LogP contribution in [-0.2, 0) is 6.54 Å². The number of hydrogen-bond donors (Lipinski definition) is 0. The Kier molecular flexibility index (Phi) is 7.99. The summed E-state index contributed by atoms with van der Waals surface area (Å²) in [6.45, 7) is 5.55. The molecule has 0 spiro atoms. The lowest BCUT2D eigenvalue weighted by Crippen LogP contribution is -3.00. The average Bonchev–Trinajstić information content (AvgIpc) is 3.54. The van der Waals surface area contributed by atoms with E-state index in [1.165, 1.54) is 64.6 Å². The van der Waals surface area contributed by atoms with Gasteiger partial charge in [-0.3, -0.25) is 0 Å². The highest BCUT2D eigenvalue weighted by Crippen LogP contribution is 2.26. The van der Waals surface area contributed by atoms with Gasteiger partial charge in [-0.2, -0.15) is 4.57 Å². The number of aromatic nitrogens is 1. The third kappa shape index (κ3) is 5.39. The van der Waals surface area contributed by atoms with Crippen molar-refractivity contribution in [2.24, 2.45) is 0 Å². The molecule has 1 saturated heterocycles. The molecule has 1 fully saturated rings. The van der Waals surface area contributed by atoms with Gasteiger partial charge in [0.25, 0.3) is 5.01 Å². The van der Waals surface area contributed by atoms with Crippen molar-refractivity contribution >= 4 is 29.2 Å². The van der Waals surface area contributed by atoms with Gasteiger partial charge in [-0.25, -0.2) is 0 Å². The van der Waals surface area contributed by atoms with Crippen LogP contribution in [0, 0.1) is 0 Å². The molecule has 4 heteroatoms. The summed E-state index contributed by atoms with van der Waals surface area (Å²) in [6, 6.07) is 28.5. The Morgan fingerprint density at radius 1 is 0.788 bits per heavy atom. The van der Waals surface area contributed by atoms with Gasteiger partial charge in [-0.15, -0.1) is 0 Å². The summed E-state index contributed by atoms with van der Waals surface area (Å²) >= 11 is 1.81. The fourth-order valence-corrected chi connectivity index (χ4v) is 5.44. The van der Waals surface area contributed by atoms with Crippen LogP contribution in [0.4, 0.5) is 5.69 Å². The Hall–Kier alpha value is -2.44. The molecule has 1 aromatic heterocycles. The lowest BCUT2D eigenvalue weighted by atomic mass is 10.0. The van der Waals surface area contributed by atoms with E-state index in [9.17, 15) is 0 Å². The number of halogens is 1. The van der Waals surface area contributed by atoms with Crippen LogP contribution in [0.2, 0.25) is 0 Å². The van der Waals surface area contributed by atoms with Crippen molar-refractivity contribution < 1.29 is 28.5 Å². The zero-order chi connectivity index (χ0) is 21.8. The minimum absolute atomic E-state index is 0. The Morgan fingerprint density at radius 3 is 2.09 bits per heavy atom. The molecule has 0 radical (unpaired) electrons. The molecular formula is C29H29IN2S. The second-order valence-electron chi connectivity index (χ2n) is 8.27. The first kappa shape index (κ1) is 23.7.